The summed E-state index contributed by atoms with van der Waals surface area (Å²) in [5.41, 5.74) is 15.3. The van der Waals surface area contributed by atoms with Gasteiger partial charge in [0.25, 0.3) is 0 Å². The second kappa shape index (κ2) is 15.2. The van der Waals surface area contributed by atoms with Crippen molar-refractivity contribution in [2.45, 2.75) is 56.0 Å². The van der Waals surface area contributed by atoms with E-state index < -0.39 is 18.2 Å². The van der Waals surface area contributed by atoms with Gasteiger partial charge < -0.3 is 30.7 Å². The Kier molecular flexibility index (Phi) is 10.1. The predicted octanol–water partition coefficient (Wildman–Crippen LogP) is 6.55. The Morgan fingerprint density at radius 1 is 0.660 bits per heavy atom. The maximum atomic E-state index is 13.6. The second-order valence-corrected chi connectivity index (χ2v) is 13.4. The first-order valence-electron chi connectivity index (χ1n) is 17.7. The number of piperidine rings is 1. The molecular formula is C41H44N4O5. The molecule has 4 N–H and O–H groups in total. The smallest absolute Gasteiger partial charge is 0.407 e. The van der Waals surface area contributed by atoms with Gasteiger partial charge in [-0.2, -0.15) is 0 Å². The molecule has 0 saturated carbocycles. The van der Waals surface area contributed by atoms with Gasteiger partial charge in [0.1, 0.15) is 19.3 Å². The summed E-state index contributed by atoms with van der Waals surface area (Å²) in [4.78, 5) is 41.2. The number of ether oxygens (including phenoxy) is 2. The topological polar surface area (TPSA) is 123 Å². The number of amides is 3. The van der Waals surface area contributed by atoms with Crippen molar-refractivity contribution in [3.63, 3.8) is 0 Å². The molecule has 1 aliphatic heterocycles. The standard InChI is InChI=1S/C41H44N4O5/c42-27-20-23-45(24-21-27)39(46)38(44-41(48)50-26-37-34-17-7-3-13-30(34)31-14-4-8-18-35(31)37)19-9-10-22-43-40(47)49-25-36-32-15-5-1-11-28(32)29-12-2-6-16-33(29)36/h1-8,11-18,27,36-38H,9-10,19-26,42H2,(H,43,47)(H,44,48)/t38-/m0/s1. The van der Waals surface area contributed by atoms with E-state index >= 15 is 0 Å². The fourth-order valence-corrected chi connectivity index (χ4v) is 7.69. The van der Waals surface area contributed by atoms with Gasteiger partial charge in [-0.25, -0.2) is 9.59 Å². The molecule has 258 valence electrons. The van der Waals surface area contributed by atoms with Crippen LogP contribution in [-0.2, 0) is 14.3 Å². The van der Waals surface area contributed by atoms with Crippen molar-refractivity contribution < 1.29 is 23.9 Å². The highest BCUT2D eigenvalue weighted by Gasteiger charge is 2.32. The van der Waals surface area contributed by atoms with E-state index in [0.29, 0.717) is 38.9 Å². The van der Waals surface area contributed by atoms with E-state index in [4.69, 9.17) is 15.2 Å². The van der Waals surface area contributed by atoms with E-state index in [1.165, 1.54) is 11.1 Å². The van der Waals surface area contributed by atoms with E-state index in [-0.39, 0.29) is 37.0 Å². The lowest BCUT2D eigenvalue weighted by Gasteiger charge is -2.33. The van der Waals surface area contributed by atoms with Gasteiger partial charge in [0, 0.05) is 37.5 Å². The van der Waals surface area contributed by atoms with Crippen LogP contribution in [0.4, 0.5) is 9.59 Å². The van der Waals surface area contributed by atoms with Crippen molar-refractivity contribution in [3.05, 3.63) is 119 Å². The van der Waals surface area contributed by atoms with Crippen LogP contribution in [0.25, 0.3) is 22.3 Å². The summed E-state index contributed by atoms with van der Waals surface area (Å²) in [6, 6.07) is 32.2. The van der Waals surface area contributed by atoms with Crippen molar-refractivity contribution in [2.75, 3.05) is 32.8 Å². The van der Waals surface area contributed by atoms with Gasteiger partial charge in [-0.15, -0.1) is 0 Å². The SMILES string of the molecule is NC1CCN(C(=O)[C@H](CCCCNC(=O)OCC2c3ccccc3-c3ccccc32)NC(=O)OCC2c3ccccc3-c3ccccc32)CC1. The fraction of sp³-hybridized carbons (Fsp3) is 0.341. The monoisotopic (exact) mass is 672 g/mol. The maximum absolute atomic E-state index is 13.6. The zero-order valence-electron chi connectivity index (χ0n) is 28.2. The molecular weight excluding hydrogens is 628 g/mol. The lowest BCUT2D eigenvalue weighted by atomic mass is 9.98. The van der Waals surface area contributed by atoms with Crippen LogP contribution in [-0.4, -0.2) is 67.9 Å². The van der Waals surface area contributed by atoms with Crippen molar-refractivity contribution in [1.29, 1.82) is 0 Å². The number of hydrogen-bond acceptors (Lipinski definition) is 6. The Morgan fingerprint density at radius 2 is 1.10 bits per heavy atom. The third-order valence-corrected chi connectivity index (χ3v) is 10.3. The van der Waals surface area contributed by atoms with E-state index in [2.05, 4.69) is 59.2 Å². The van der Waals surface area contributed by atoms with E-state index in [0.717, 1.165) is 46.2 Å². The van der Waals surface area contributed by atoms with E-state index in [1.807, 2.05) is 48.5 Å². The molecule has 0 bridgehead atoms. The molecule has 2 aliphatic carbocycles. The van der Waals surface area contributed by atoms with Gasteiger partial charge in [-0.3, -0.25) is 4.79 Å². The molecule has 7 rings (SSSR count). The minimum atomic E-state index is -0.741. The molecule has 3 aliphatic rings. The number of nitrogens with two attached hydrogens (primary N) is 1. The van der Waals surface area contributed by atoms with Crippen LogP contribution in [0.5, 0.6) is 0 Å². The third kappa shape index (κ3) is 7.09. The largest absolute Gasteiger partial charge is 0.449 e. The highest BCUT2D eigenvalue weighted by molar-refractivity contribution is 5.86. The number of hydrogen-bond donors (Lipinski definition) is 3. The van der Waals surface area contributed by atoms with Crippen LogP contribution in [0.15, 0.2) is 97.1 Å². The Balaban J connectivity index is 0.905. The Labute approximate surface area is 293 Å². The molecule has 1 atom stereocenters. The van der Waals surface area contributed by atoms with Gasteiger partial charge >= 0.3 is 12.2 Å². The molecule has 50 heavy (non-hydrogen) atoms. The number of rotatable bonds is 11. The van der Waals surface area contributed by atoms with Crippen molar-refractivity contribution in [2.24, 2.45) is 5.73 Å². The molecule has 1 saturated heterocycles. The van der Waals surface area contributed by atoms with Crippen molar-refractivity contribution in [1.82, 2.24) is 15.5 Å². The second-order valence-electron chi connectivity index (χ2n) is 13.4. The lowest BCUT2D eigenvalue weighted by Crippen LogP contribution is -2.52. The number of benzene rings is 4. The zero-order valence-corrected chi connectivity index (χ0v) is 28.2. The summed E-state index contributed by atoms with van der Waals surface area (Å²) in [6.45, 7) is 1.93. The summed E-state index contributed by atoms with van der Waals surface area (Å²) >= 11 is 0. The Morgan fingerprint density at radius 3 is 1.58 bits per heavy atom. The Hall–Kier alpha value is -5.15. The summed E-state index contributed by atoms with van der Waals surface area (Å²) in [7, 11) is 0. The molecule has 0 radical (unpaired) electrons. The summed E-state index contributed by atoms with van der Waals surface area (Å²) < 4.78 is 11.4. The summed E-state index contributed by atoms with van der Waals surface area (Å²) in [6.07, 6.45) is 2.01. The first kappa shape index (κ1) is 33.4. The van der Waals surface area contributed by atoms with Gasteiger partial charge in [-0.05, 0) is 76.6 Å². The van der Waals surface area contributed by atoms with Gasteiger partial charge in [-0.1, -0.05) is 97.1 Å². The average molecular weight is 673 g/mol. The van der Waals surface area contributed by atoms with E-state index in [9.17, 15) is 14.4 Å². The molecule has 4 aromatic rings. The first-order valence-corrected chi connectivity index (χ1v) is 17.7. The van der Waals surface area contributed by atoms with Gasteiger partial charge in [0.2, 0.25) is 5.91 Å². The zero-order chi connectivity index (χ0) is 34.5. The number of unbranched alkanes of at least 4 members (excludes halogenated alkanes) is 1. The summed E-state index contributed by atoms with van der Waals surface area (Å²) in [5.74, 6) is -0.210. The summed E-state index contributed by atoms with van der Waals surface area (Å²) in [5, 5.41) is 5.72. The van der Waals surface area contributed by atoms with Crippen molar-refractivity contribution in [3.8, 4) is 22.3 Å². The van der Waals surface area contributed by atoms with Crippen LogP contribution in [0, 0.1) is 0 Å². The van der Waals surface area contributed by atoms with E-state index in [1.54, 1.807) is 4.90 Å². The van der Waals surface area contributed by atoms with Crippen molar-refractivity contribution >= 4 is 18.1 Å². The highest BCUT2D eigenvalue weighted by Crippen LogP contribution is 2.45. The number of fused-ring (bicyclic) bond motifs is 6. The quantitative estimate of drug-likeness (QED) is 0.155. The molecule has 1 fully saturated rings. The molecule has 9 heteroatoms. The number of likely N-dealkylation sites (tertiary alicyclic amines) is 1. The van der Waals surface area contributed by atoms with Gasteiger partial charge in [0.15, 0.2) is 0 Å². The highest BCUT2D eigenvalue weighted by atomic mass is 16.6. The molecule has 0 spiro atoms. The maximum Gasteiger partial charge on any atom is 0.407 e. The molecule has 1 heterocycles. The lowest BCUT2D eigenvalue weighted by molar-refractivity contribution is -0.134. The predicted molar refractivity (Wildman–Crippen MR) is 193 cm³/mol. The van der Waals surface area contributed by atoms with Crippen LogP contribution < -0.4 is 16.4 Å². The number of carbonyl (C=O) groups excluding carboxylic acids is 3. The molecule has 0 aromatic heterocycles. The minimum Gasteiger partial charge on any atom is -0.449 e. The molecule has 3 amide bonds. The fourth-order valence-electron chi connectivity index (χ4n) is 7.69. The average Bonchev–Trinajstić information content (AvgIpc) is 3.65. The van der Waals surface area contributed by atoms with Crippen LogP contribution in [0.1, 0.15) is 66.2 Å². The van der Waals surface area contributed by atoms with Crippen LogP contribution >= 0.6 is 0 Å². The minimum absolute atomic E-state index is 0.00626. The molecule has 0 unspecified atom stereocenters. The number of nitrogens with one attached hydrogen (secondary N) is 2. The van der Waals surface area contributed by atoms with Gasteiger partial charge in [0.05, 0.1) is 0 Å². The number of nitrogens with zero attached hydrogens (tertiary/aromatic N) is 1. The molecule has 9 nitrogen and oxygen atoms in total. The Bertz CT molecular complexity index is 1760. The normalized spacial score (nSPS) is 15.7. The molecule has 4 aromatic carbocycles. The first-order chi connectivity index (χ1) is 24.5. The third-order valence-electron chi connectivity index (χ3n) is 10.3. The van der Waals surface area contributed by atoms with Crippen LogP contribution in [0.3, 0.4) is 0 Å². The number of alkyl carbamates (subject to hydrolysis) is 2. The van der Waals surface area contributed by atoms with Crippen LogP contribution in [0.2, 0.25) is 0 Å². The number of carbonyl (C=O) groups is 3.